The fraction of sp³-hybridized carbons (Fsp3) is 0. The quantitative estimate of drug-likeness (QED) is 0.390. The van der Waals surface area contributed by atoms with E-state index >= 15 is 0 Å². The highest BCUT2D eigenvalue weighted by molar-refractivity contribution is 6.04. The molecule has 4 rings (SSSR count). The van der Waals surface area contributed by atoms with E-state index in [1.54, 1.807) is 55.0 Å². The lowest BCUT2D eigenvalue weighted by Gasteiger charge is -2.09. The molecule has 148 valence electrons. The third-order valence-corrected chi connectivity index (χ3v) is 3.92. The van der Waals surface area contributed by atoms with Gasteiger partial charge in [0.25, 0.3) is 11.8 Å². The molecule has 1 aromatic carbocycles. The van der Waals surface area contributed by atoms with Gasteiger partial charge in [0.15, 0.2) is 5.82 Å². The SMILES string of the molecule is O=C(Nc1cccc(NC(=O)c2ncc[nH]2)c1)c1ccnc(Nc2ccncc2)n1. The van der Waals surface area contributed by atoms with Crippen LogP contribution >= 0.6 is 0 Å². The van der Waals surface area contributed by atoms with E-state index in [9.17, 15) is 9.59 Å². The van der Waals surface area contributed by atoms with Crippen LogP contribution in [-0.4, -0.2) is 36.7 Å². The fourth-order valence-corrected chi connectivity index (χ4v) is 2.56. The number of H-pyrrole nitrogens is 1. The summed E-state index contributed by atoms with van der Waals surface area (Å²) in [5, 5.41) is 8.47. The fourth-order valence-electron chi connectivity index (χ4n) is 2.56. The number of carbonyl (C=O) groups excluding carboxylic acids is 2. The largest absolute Gasteiger partial charge is 0.341 e. The second kappa shape index (κ2) is 8.61. The number of hydrogen-bond acceptors (Lipinski definition) is 7. The van der Waals surface area contributed by atoms with E-state index in [4.69, 9.17) is 0 Å². The summed E-state index contributed by atoms with van der Waals surface area (Å²) in [6.07, 6.45) is 7.81. The maximum atomic E-state index is 12.6. The van der Waals surface area contributed by atoms with Gasteiger partial charge < -0.3 is 20.9 Å². The highest BCUT2D eigenvalue weighted by Crippen LogP contribution is 2.17. The summed E-state index contributed by atoms with van der Waals surface area (Å²) in [6, 6.07) is 11.8. The van der Waals surface area contributed by atoms with Crippen LogP contribution < -0.4 is 16.0 Å². The van der Waals surface area contributed by atoms with Gasteiger partial charge in [-0.1, -0.05) is 6.07 Å². The van der Waals surface area contributed by atoms with E-state index in [1.807, 2.05) is 0 Å². The normalized spacial score (nSPS) is 10.3. The molecule has 30 heavy (non-hydrogen) atoms. The first-order chi connectivity index (χ1) is 14.7. The second-order valence-electron chi connectivity index (χ2n) is 6.05. The van der Waals surface area contributed by atoms with Gasteiger partial charge in [-0.15, -0.1) is 0 Å². The van der Waals surface area contributed by atoms with Crippen molar-refractivity contribution in [3.63, 3.8) is 0 Å². The molecule has 4 aromatic rings. The van der Waals surface area contributed by atoms with Gasteiger partial charge in [0.05, 0.1) is 0 Å². The van der Waals surface area contributed by atoms with Crippen LogP contribution in [-0.2, 0) is 0 Å². The van der Waals surface area contributed by atoms with Crippen molar-refractivity contribution in [2.24, 2.45) is 0 Å². The van der Waals surface area contributed by atoms with Crippen molar-refractivity contribution in [3.8, 4) is 0 Å². The summed E-state index contributed by atoms with van der Waals surface area (Å²) in [5.74, 6) is -0.316. The molecular formula is C20H16N8O2. The number of rotatable bonds is 6. The number of benzene rings is 1. The van der Waals surface area contributed by atoms with Gasteiger partial charge in [-0.2, -0.15) is 0 Å². The summed E-state index contributed by atoms with van der Waals surface area (Å²) < 4.78 is 0. The predicted octanol–water partition coefficient (Wildman–Crippen LogP) is 2.84. The molecule has 0 atom stereocenters. The van der Waals surface area contributed by atoms with Crippen LogP contribution in [0.1, 0.15) is 21.1 Å². The van der Waals surface area contributed by atoms with Crippen LogP contribution in [0.25, 0.3) is 0 Å². The van der Waals surface area contributed by atoms with Crippen molar-refractivity contribution < 1.29 is 9.59 Å². The Morgan fingerprint density at radius 1 is 0.800 bits per heavy atom. The molecule has 4 N–H and O–H groups in total. The highest BCUT2D eigenvalue weighted by Gasteiger charge is 2.12. The third kappa shape index (κ3) is 4.62. The Labute approximate surface area is 170 Å². The molecule has 3 aromatic heterocycles. The van der Waals surface area contributed by atoms with E-state index < -0.39 is 5.91 Å². The van der Waals surface area contributed by atoms with Gasteiger partial charge in [0.1, 0.15) is 5.69 Å². The molecular weight excluding hydrogens is 384 g/mol. The molecule has 0 fully saturated rings. The van der Waals surface area contributed by atoms with E-state index in [-0.39, 0.29) is 23.4 Å². The molecule has 0 spiro atoms. The lowest BCUT2D eigenvalue weighted by Crippen LogP contribution is -2.16. The molecule has 0 aliphatic rings. The number of aromatic amines is 1. The molecule has 10 nitrogen and oxygen atoms in total. The Hall–Kier alpha value is -4.60. The molecule has 2 amide bonds. The molecule has 0 aliphatic carbocycles. The molecule has 3 heterocycles. The van der Waals surface area contributed by atoms with Crippen molar-refractivity contribution in [1.29, 1.82) is 0 Å². The third-order valence-electron chi connectivity index (χ3n) is 3.92. The van der Waals surface area contributed by atoms with Gasteiger partial charge in [-0.25, -0.2) is 15.0 Å². The molecule has 10 heteroatoms. The van der Waals surface area contributed by atoms with Gasteiger partial charge in [-0.05, 0) is 36.4 Å². The summed E-state index contributed by atoms with van der Waals surface area (Å²) in [4.78, 5) is 43.6. The summed E-state index contributed by atoms with van der Waals surface area (Å²) in [5.41, 5.74) is 1.95. The van der Waals surface area contributed by atoms with Gasteiger partial charge >= 0.3 is 0 Å². The van der Waals surface area contributed by atoms with Crippen molar-refractivity contribution in [1.82, 2.24) is 24.9 Å². The number of pyridine rings is 1. The average molecular weight is 400 g/mol. The highest BCUT2D eigenvalue weighted by atomic mass is 16.2. The number of amides is 2. The van der Waals surface area contributed by atoms with Crippen molar-refractivity contribution in [3.05, 3.63) is 85.0 Å². The number of aromatic nitrogens is 5. The number of nitrogens with one attached hydrogen (secondary N) is 4. The van der Waals surface area contributed by atoms with Crippen LogP contribution in [0, 0.1) is 0 Å². The first-order valence-corrected chi connectivity index (χ1v) is 8.89. The Kier molecular flexibility index (Phi) is 5.38. The topological polar surface area (TPSA) is 138 Å². The van der Waals surface area contributed by atoms with E-state index in [1.165, 1.54) is 18.5 Å². The summed E-state index contributed by atoms with van der Waals surface area (Å²) >= 11 is 0. The van der Waals surface area contributed by atoms with Crippen LogP contribution in [0.3, 0.4) is 0 Å². The van der Waals surface area contributed by atoms with Crippen LogP contribution in [0.4, 0.5) is 23.0 Å². The Bertz CT molecular complexity index is 1160. The summed E-state index contributed by atoms with van der Waals surface area (Å²) in [7, 11) is 0. The smallest absolute Gasteiger partial charge is 0.291 e. The van der Waals surface area contributed by atoms with Crippen LogP contribution in [0.5, 0.6) is 0 Å². The monoisotopic (exact) mass is 400 g/mol. The van der Waals surface area contributed by atoms with Crippen LogP contribution in [0.2, 0.25) is 0 Å². The van der Waals surface area contributed by atoms with E-state index in [0.717, 1.165) is 5.69 Å². The average Bonchev–Trinajstić information content (AvgIpc) is 3.30. The maximum absolute atomic E-state index is 12.6. The first-order valence-electron chi connectivity index (χ1n) is 8.89. The molecule has 0 bridgehead atoms. The molecule has 0 saturated heterocycles. The second-order valence-corrected chi connectivity index (χ2v) is 6.05. The van der Waals surface area contributed by atoms with Crippen LogP contribution in [0.15, 0.2) is 73.4 Å². The zero-order valence-electron chi connectivity index (χ0n) is 15.5. The predicted molar refractivity (Wildman–Crippen MR) is 110 cm³/mol. The summed E-state index contributed by atoms with van der Waals surface area (Å²) in [6.45, 7) is 0. The number of imidazole rings is 1. The Balaban J connectivity index is 1.44. The Morgan fingerprint density at radius 2 is 1.57 bits per heavy atom. The maximum Gasteiger partial charge on any atom is 0.291 e. The van der Waals surface area contributed by atoms with Gasteiger partial charge in [0, 0.05) is 48.0 Å². The lowest BCUT2D eigenvalue weighted by molar-refractivity contribution is 0.101. The van der Waals surface area contributed by atoms with Crippen molar-refractivity contribution in [2.45, 2.75) is 0 Å². The molecule has 0 unspecified atom stereocenters. The van der Waals surface area contributed by atoms with E-state index in [0.29, 0.717) is 11.4 Å². The zero-order valence-corrected chi connectivity index (χ0v) is 15.5. The number of nitrogens with zero attached hydrogens (tertiary/aromatic N) is 4. The molecule has 0 saturated carbocycles. The minimum Gasteiger partial charge on any atom is -0.341 e. The van der Waals surface area contributed by atoms with Gasteiger partial charge in [0.2, 0.25) is 5.95 Å². The minimum atomic E-state index is -0.412. The lowest BCUT2D eigenvalue weighted by atomic mass is 10.2. The number of carbonyl (C=O) groups is 2. The van der Waals surface area contributed by atoms with Crippen molar-refractivity contribution in [2.75, 3.05) is 16.0 Å². The first kappa shape index (κ1) is 18.7. The number of hydrogen-bond donors (Lipinski definition) is 4. The minimum absolute atomic E-state index is 0.187. The standard InChI is InChI=1S/C20H16N8O2/c29-18(16-6-9-24-20(28-16)27-13-4-7-21-8-5-13)25-14-2-1-3-15(12-14)26-19(30)17-22-10-11-23-17/h1-12H,(H,22,23)(H,25,29)(H,26,30)(H,21,24,27,28). The van der Waals surface area contributed by atoms with Gasteiger partial charge in [-0.3, -0.25) is 14.6 Å². The van der Waals surface area contributed by atoms with E-state index in [2.05, 4.69) is 40.9 Å². The number of anilines is 4. The van der Waals surface area contributed by atoms with Crippen molar-refractivity contribution >= 4 is 34.8 Å². The molecule has 0 aliphatic heterocycles. The zero-order chi connectivity index (χ0) is 20.8. The molecule has 0 radical (unpaired) electrons. The Morgan fingerprint density at radius 3 is 2.30 bits per heavy atom.